The lowest BCUT2D eigenvalue weighted by Gasteiger charge is -2.36. The van der Waals surface area contributed by atoms with Crippen LogP contribution in [0.1, 0.15) is 37.5 Å². The monoisotopic (exact) mass is 512 g/mol. The molecule has 1 fully saturated rings. The number of carbonyl (C=O) groups is 1. The van der Waals surface area contributed by atoms with E-state index in [1.807, 2.05) is 66.4 Å². The van der Waals surface area contributed by atoms with Gasteiger partial charge in [-0.2, -0.15) is 0 Å². The number of benzene rings is 3. The van der Waals surface area contributed by atoms with Crippen LogP contribution in [0, 0.1) is 0 Å². The van der Waals surface area contributed by atoms with Gasteiger partial charge < -0.3 is 25.2 Å². The number of piperazine rings is 1. The maximum Gasteiger partial charge on any atom is 0.273 e. The summed E-state index contributed by atoms with van der Waals surface area (Å²) in [6.07, 6.45) is 0. The molecular formula is C32H40N4O2. The molecule has 6 heteroatoms. The van der Waals surface area contributed by atoms with Crippen LogP contribution in [0.2, 0.25) is 0 Å². The molecule has 6 nitrogen and oxygen atoms in total. The topological polar surface area (TPSA) is 62.0 Å². The number of carbonyl (C=O) groups excluding carboxylic acids is 1. The maximum absolute atomic E-state index is 13.5. The van der Waals surface area contributed by atoms with Gasteiger partial charge in [-0.1, -0.05) is 63.2 Å². The SMILES string of the molecule is CN(C)c1ccc(/C(OCc2ccc(C(C)(C)C)cc2)=C(/N)C(=O)N2CCN(c3ccccc3)CC2)cc1. The molecule has 0 aliphatic carbocycles. The molecule has 4 rings (SSSR count). The Morgan fingerprint density at radius 2 is 1.47 bits per heavy atom. The van der Waals surface area contributed by atoms with Gasteiger partial charge in [-0.05, 0) is 52.9 Å². The van der Waals surface area contributed by atoms with Crippen LogP contribution < -0.4 is 15.5 Å². The van der Waals surface area contributed by atoms with Crippen LogP contribution in [0.25, 0.3) is 5.76 Å². The standard InChI is InChI=1S/C32H40N4O2/c1-32(2,3)26-15-11-24(12-16-26)23-38-30(25-13-17-27(18-14-25)34(4)5)29(33)31(37)36-21-19-35(20-22-36)28-9-7-6-8-10-28/h6-18H,19-23,33H2,1-5H3/b30-29-. The van der Waals surface area contributed by atoms with Crippen LogP contribution in [0.3, 0.4) is 0 Å². The second-order valence-electron chi connectivity index (χ2n) is 11.0. The fraction of sp³-hybridized carbons (Fsp3) is 0.344. The number of anilines is 2. The second-order valence-corrected chi connectivity index (χ2v) is 11.0. The number of para-hydroxylation sites is 1. The van der Waals surface area contributed by atoms with Crippen molar-refractivity contribution in [3.05, 3.63) is 101 Å². The molecule has 0 saturated carbocycles. The van der Waals surface area contributed by atoms with E-state index < -0.39 is 0 Å². The van der Waals surface area contributed by atoms with Crippen molar-refractivity contribution in [2.45, 2.75) is 32.8 Å². The first-order chi connectivity index (χ1) is 18.1. The zero-order chi connectivity index (χ0) is 27.3. The minimum Gasteiger partial charge on any atom is -0.486 e. The highest BCUT2D eigenvalue weighted by Crippen LogP contribution is 2.26. The normalized spacial score (nSPS) is 14.7. The Hall–Kier alpha value is -3.93. The van der Waals surface area contributed by atoms with E-state index >= 15 is 0 Å². The summed E-state index contributed by atoms with van der Waals surface area (Å²) >= 11 is 0. The predicted octanol–water partition coefficient (Wildman–Crippen LogP) is 5.24. The van der Waals surface area contributed by atoms with E-state index in [1.54, 1.807) is 0 Å². The van der Waals surface area contributed by atoms with Crippen LogP contribution in [-0.4, -0.2) is 51.1 Å². The van der Waals surface area contributed by atoms with E-state index in [2.05, 4.69) is 62.1 Å². The fourth-order valence-electron chi connectivity index (χ4n) is 4.56. The summed E-state index contributed by atoms with van der Waals surface area (Å²) in [5.41, 5.74) is 12.1. The van der Waals surface area contributed by atoms with Gasteiger partial charge in [0.25, 0.3) is 5.91 Å². The van der Waals surface area contributed by atoms with E-state index in [4.69, 9.17) is 10.5 Å². The lowest BCUT2D eigenvalue weighted by atomic mass is 9.87. The first-order valence-corrected chi connectivity index (χ1v) is 13.2. The van der Waals surface area contributed by atoms with Gasteiger partial charge in [0, 0.05) is 57.2 Å². The number of nitrogens with two attached hydrogens (primary N) is 1. The second kappa shape index (κ2) is 11.6. The summed E-state index contributed by atoms with van der Waals surface area (Å²) in [5, 5.41) is 0. The molecule has 1 heterocycles. The molecule has 3 aromatic carbocycles. The van der Waals surface area contributed by atoms with Crippen molar-refractivity contribution in [2.75, 3.05) is 50.1 Å². The van der Waals surface area contributed by atoms with Gasteiger partial charge in [0.2, 0.25) is 0 Å². The molecule has 1 aliphatic heterocycles. The third-order valence-corrected chi connectivity index (χ3v) is 7.01. The molecule has 1 saturated heterocycles. The Kier molecular flexibility index (Phi) is 8.30. The molecule has 0 spiro atoms. The Morgan fingerprint density at radius 1 is 0.868 bits per heavy atom. The summed E-state index contributed by atoms with van der Waals surface area (Å²) in [4.78, 5) is 19.7. The molecule has 2 N–H and O–H groups in total. The molecular weight excluding hydrogens is 472 g/mol. The van der Waals surface area contributed by atoms with Gasteiger partial charge in [-0.25, -0.2) is 0 Å². The van der Waals surface area contributed by atoms with Crippen molar-refractivity contribution in [3.8, 4) is 0 Å². The van der Waals surface area contributed by atoms with Crippen LogP contribution in [0.5, 0.6) is 0 Å². The first kappa shape index (κ1) is 27.1. The quantitative estimate of drug-likeness (QED) is 0.346. The minimum atomic E-state index is -0.188. The first-order valence-electron chi connectivity index (χ1n) is 13.2. The van der Waals surface area contributed by atoms with Crippen molar-refractivity contribution >= 4 is 23.0 Å². The van der Waals surface area contributed by atoms with Crippen molar-refractivity contribution in [1.82, 2.24) is 4.90 Å². The average Bonchev–Trinajstić information content (AvgIpc) is 2.93. The van der Waals surface area contributed by atoms with E-state index in [-0.39, 0.29) is 17.0 Å². The molecule has 0 unspecified atom stereocenters. The zero-order valence-electron chi connectivity index (χ0n) is 23.3. The summed E-state index contributed by atoms with van der Waals surface area (Å²) in [7, 11) is 3.99. The Balaban J connectivity index is 1.54. The maximum atomic E-state index is 13.5. The lowest BCUT2D eigenvalue weighted by molar-refractivity contribution is -0.127. The van der Waals surface area contributed by atoms with Gasteiger partial charge in [0.1, 0.15) is 12.3 Å². The third-order valence-electron chi connectivity index (χ3n) is 7.01. The Morgan fingerprint density at radius 3 is 2.03 bits per heavy atom. The Labute approximate surface area is 227 Å². The zero-order valence-corrected chi connectivity index (χ0v) is 23.3. The number of hydrogen-bond acceptors (Lipinski definition) is 5. The predicted molar refractivity (Wildman–Crippen MR) is 157 cm³/mol. The summed E-state index contributed by atoms with van der Waals surface area (Å²) in [6.45, 7) is 9.65. The van der Waals surface area contributed by atoms with Crippen molar-refractivity contribution in [2.24, 2.45) is 5.73 Å². The van der Waals surface area contributed by atoms with Crippen LogP contribution >= 0.6 is 0 Å². The average molecular weight is 513 g/mol. The molecule has 0 bridgehead atoms. The van der Waals surface area contributed by atoms with Crippen LogP contribution in [0.15, 0.2) is 84.6 Å². The van der Waals surface area contributed by atoms with Gasteiger partial charge in [0.15, 0.2) is 5.76 Å². The van der Waals surface area contributed by atoms with Gasteiger partial charge in [-0.3, -0.25) is 4.79 Å². The van der Waals surface area contributed by atoms with E-state index in [9.17, 15) is 4.79 Å². The van der Waals surface area contributed by atoms with E-state index in [0.29, 0.717) is 25.5 Å². The summed E-state index contributed by atoms with van der Waals surface area (Å²) in [5.74, 6) is 0.234. The molecule has 0 radical (unpaired) electrons. The molecule has 1 aliphatic rings. The highest BCUT2D eigenvalue weighted by molar-refractivity contribution is 5.99. The smallest absolute Gasteiger partial charge is 0.273 e. The summed E-state index contributed by atoms with van der Waals surface area (Å²) in [6, 6.07) is 26.6. The van der Waals surface area contributed by atoms with Crippen LogP contribution in [0.4, 0.5) is 11.4 Å². The molecule has 0 aromatic heterocycles. The van der Waals surface area contributed by atoms with E-state index in [1.165, 1.54) is 11.3 Å². The minimum absolute atomic E-state index is 0.0833. The number of ether oxygens (including phenoxy) is 1. The van der Waals surface area contributed by atoms with Crippen molar-refractivity contribution in [1.29, 1.82) is 0 Å². The molecule has 200 valence electrons. The number of amides is 1. The van der Waals surface area contributed by atoms with Crippen molar-refractivity contribution < 1.29 is 9.53 Å². The van der Waals surface area contributed by atoms with Gasteiger partial charge in [-0.15, -0.1) is 0 Å². The van der Waals surface area contributed by atoms with Gasteiger partial charge >= 0.3 is 0 Å². The highest BCUT2D eigenvalue weighted by Gasteiger charge is 2.26. The largest absolute Gasteiger partial charge is 0.486 e. The lowest BCUT2D eigenvalue weighted by Crippen LogP contribution is -2.50. The van der Waals surface area contributed by atoms with Crippen molar-refractivity contribution in [3.63, 3.8) is 0 Å². The highest BCUT2D eigenvalue weighted by atomic mass is 16.5. The molecule has 1 amide bonds. The Bertz CT molecular complexity index is 1240. The van der Waals surface area contributed by atoms with E-state index in [0.717, 1.165) is 29.9 Å². The third kappa shape index (κ3) is 6.49. The number of hydrogen-bond donors (Lipinski definition) is 1. The number of rotatable bonds is 7. The van der Waals surface area contributed by atoms with Gasteiger partial charge in [0.05, 0.1) is 0 Å². The molecule has 0 atom stereocenters. The number of nitrogens with zero attached hydrogens (tertiary/aromatic N) is 3. The molecule has 38 heavy (non-hydrogen) atoms. The molecule has 3 aromatic rings. The van der Waals surface area contributed by atoms with Crippen LogP contribution in [-0.2, 0) is 21.6 Å². The fourth-order valence-corrected chi connectivity index (χ4v) is 4.56. The summed E-state index contributed by atoms with van der Waals surface area (Å²) < 4.78 is 6.29.